The highest BCUT2D eigenvalue weighted by atomic mass is 19.3. The number of nitrogens with zero attached hydrogens (tertiary/aromatic N) is 1. The number of rotatable bonds is 2. The van der Waals surface area contributed by atoms with E-state index >= 15 is 0 Å². The van der Waals surface area contributed by atoms with Crippen molar-refractivity contribution in [3.63, 3.8) is 0 Å². The van der Waals surface area contributed by atoms with Gasteiger partial charge in [-0.1, -0.05) is 0 Å². The third kappa shape index (κ3) is 1.49. The highest BCUT2D eigenvalue weighted by Gasteiger charge is 2.36. The molecule has 1 atom stereocenters. The molecule has 0 aromatic carbocycles. The van der Waals surface area contributed by atoms with Crippen LogP contribution in [0.15, 0.2) is 0 Å². The molecule has 0 spiro atoms. The maximum absolute atomic E-state index is 12.1. The van der Waals surface area contributed by atoms with E-state index in [1.807, 2.05) is 0 Å². The molecule has 0 aromatic heterocycles. The standard InChI is InChI=1S/C7H11F2NO/c1-2-10-4-3-5(6(8)9)7(10)11/h5-6H,2-4H2,1H3. The fraction of sp³-hybridized carbons (Fsp3) is 0.857. The van der Waals surface area contributed by atoms with Crippen LogP contribution in [0, 0.1) is 5.92 Å². The van der Waals surface area contributed by atoms with Gasteiger partial charge in [0.1, 0.15) is 5.92 Å². The van der Waals surface area contributed by atoms with E-state index in [2.05, 4.69) is 0 Å². The number of hydrogen-bond acceptors (Lipinski definition) is 1. The lowest BCUT2D eigenvalue weighted by molar-refractivity contribution is -0.134. The van der Waals surface area contributed by atoms with Crippen LogP contribution in [0.4, 0.5) is 8.78 Å². The van der Waals surface area contributed by atoms with E-state index in [1.54, 1.807) is 6.92 Å². The summed E-state index contributed by atoms with van der Waals surface area (Å²) < 4.78 is 24.1. The van der Waals surface area contributed by atoms with Gasteiger partial charge >= 0.3 is 0 Å². The van der Waals surface area contributed by atoms with Gasteiger partial charge in [-0.05, 0) is 13.3 Å². The Bertz CT molecular complexity index is 161. The summed E-state index contributed by atoms with van der Waals surface area (Å²) in [7, 11) is 0. The van der Waals surface area contributed by atoms with Crippen molar-refractivity contribution in [2.24, 2.45) is 5.92 Å². The second-order valence-corrected chi connectivity index (χ2v) is 2.65. The van der Waals surface area contributed by atoms with Gasteiger partial charge in [0.2, 0.25) is 12.3 Å². The summed E-state index contributed by atoms with van der Waals surface area (Å²) in [5, 5.41) is 0. The second-order valence-electron chi connectivity index (χ2n) is 2.65. The summed E-state index contributed by atoms with van der Waals surface area (Å²) in [6.45, 7) is 2.83. The van der Waals surface area contributed by atoms with Gasteiger partial charge in [-0.15, -0.1) is 0 Å². The van der Waals surface area contributed by atoms with Crippen LogP contribution >= 0.6 is 0 Å². The molecular weight excluding hydrogens is 152 g/mol. The zero-order valence-electron chi connectivity index (χ0n) is 6.39. The van der Waals surface area contributed by atoms with Gasteiger partial charge in [-0.2, -0.15) is 0 Å². The monoisotopic (exact) mass is 163 g/mol. The summed E-state index contributed by atoms with van der Waals surface area (Å²) >= 11 is 0. The predicted molar refractivity (Wildman–Crippen MR) is 36.4 cm³/mol. The molecular formula is C7H11F2NO. The number of alkyl halides is 2. The molecule has 1 unspecified atom stereocenters. The SMILES string of the molecule is CCN1CCC(C(F)F)C1=O. The van der Waals surface area contributed by atoms with Crippen LogP contribution in [0.25, 0.3) is 0 Å². The molecule has 1 aliphatic rings. The fourth-order valence-corrected chi connectivity index (χ4v) is 1.31. The second kappa shape index (κ2) is 3.15. The van der Waals surface area contributed by atoms with Crippen LogP contribution in [-0.4, -0.2) is 30.3 Å². The first-order valence-corrected chi connectivity index (χ1v) is 3.73. The highest BCUT2D eigenvalue weighted by Crippen LogP contribution is 2.23. The van der Waals surface area contributed by atoms with Gasteiger partial charge in [0, 0.05) is 13.1 Å². The topological polar surface area (TPSA) is 20.3 Å². The number of likely N-dealkylation sites (tertiary alicyclic amines) is 1. The summed E-state index contributed by atoms with van der Waals surface area (Å²) in [5.41, 5.74) is 0. The largest absolute Gasteiger partial charge is 0.343 e. The Morgan fingerprint density at radius 3 is 2.64 bits per heavy atom. The average Bonchev–Trinajstić information content (AvgIpc) is 2.30. The summed E-state index contributed by atoms with van der Waals surface area (Å²) in [6.07, 6.45) is -2.18. The molecule has 1 rings (SSSR count). The third-order valence-electron chi connectivity index (χ3n) is 2.02. The maximum atomic E-state index is 12.1. The van der Waals surface area contributed by atoms with E-state index in [4.69, 9.17) is 0 Å². The molecule has 2 nitrogen and oxygen atoms in total. The van der Waals surface area contributed by atoms with Crippen molar-refractivity contribution in [3.05, 3.63) is 0 Å². The van der Waals surface area contributed by atoms with E-state index in [0.29, 0.717) is 19.5 Å². The van der Waals surface area contributed by atoms with Crippen LogP contribution in [0.1, 0.15) is 13.3 Å². The lowest BCUT2D eigenvalue weighted by Crippen LogP contribution is -2.29. The maximum Gasteiger partial charge on any atom is 0.250 e. The van der Waals surface area contributed by atoms with Crippen molar-refractivity contribution in [2.45, 2.75) is 19.8 Å². The molecule has 0 radical (unpaired) electrons. The zero-order chi connectivity index (χ0) is 8.43. The molecule has 0 aromatic rings. The van der Waals surface area contributed by atoms with E-state index in [0.717, 1.165) is 0 Å². The molecule has 1 saturated heterocycles. The summed E-state index contributed by atoms with van der Waals surface area (Å²) in [4.78, 5) is 12.5. The van der Waals surface area contributed by atoms with Gasteiger partial charge in [0.05, 0.1) is 0 Å². The van der Waals surface area contributed by atoms with Gasteiger partial charge in [0.25, 0.3) is 0 Å². The van der Waals surface area contributed by atoms with Gasteiger partial charge in [-0.3, -0.25) is 4.79 Å². The van der Waals surface area contributed by atoms with E-state index < -0.39 is 12.3 Å². The fourth-order valence-electron chi connectivity index (χ4n) is 1.31. The number of hydrogen-bond donors (Lipinski definition) is 0. The van der Waals surface area contributed by atoms with Crippen molar-refractivity contribution >= 4 is 5.91 Å². The minimum Gasteiger partial charge on any atom is -0.343 e. The Kier molecular flexibility index (Phi) is 2.42. The number of amides is 1. The van der Waals surface area contributed by atoms with Crippen molar-refractivity contribution in [1.82, 2.24) is 4.90 Å². The van der Waals surface area contributed by atoms with Gasteiger partial charge < -0.3 is 4.90 Å². The molecule has 64 valence electrons. The Morgan fingerprint density at radius 2 is 2.36 bits per heavy atom. The highest BCUT2D eigenvalue weighted by molar-refractivity contribution is 5.81. The van der Waals surface area contributed by atoms with Crippen LogP contribution in [-0.2, 0) is 4.79 Å². The van der Waals surface area contributed by atoms with Crippen molar-refractivity contribution in [1.29, 1.82) is 0 Å². The minimum absolute atomic E-state index is 0.310. The van der Waals surface area contributed by atoms with Crippen LogP contribution < -0.4 is 0 Å². The van der Waals surface area contributed by atoms with Crippen LogP contribution in [0.2, 0.25) is 0 Å². The molecule has 1 fully saturated rings. The Hall–Kier alpha value is -0.670. The zero-order valence-corrected chi connectivity index (χ0v) is 6.39. The molecule has 1 amide bonds. The average molecular weight is 163 g/mol. The summed E-state index contributed by atoms with van der Waals surface area (Å²) in [5.74, 6) is -1.42. The Labute approximate surface area is 64.2 Å². The predicted octanol–water partition coefficient (Wildman–Crippen LogP) is 1.12. The molecule has 1 aliphatic heterocycles. The number of carbonyl (C=O) groups excluding carboxylic acids is 1. The number of carbonyl (C=O) groups is 1. The van der Waals surface area contributed by atoms with E-state index in [9.17, 15) is 13.6 Å². The first-order valence-electron chi connectivity index (χ1n) is 3.73. The first kappa shape index (κ1) is 8.43. The molecule has 4 heteroatoms. The number of halogens is 2. The first-order chi connectivity index (χ1) is 5.16. The molecule has 0 saturated carbocycles. The van der Waals surface area contributed by atoms with Gasteiger partial charge in [-0.25, -0.2) is 8.78 Å². The third-order valence-corrected chi connectivity index (χ3v) is 2.02. The Balaban J connectivity index is 2.56. The quantitative estimate of drug-likeness (QED) is 0.597. The molecule has 0 bridgehead atoms. The van der Waals surface area contributed by atoms with Crippen molar-refractivity contribution in [3.8, 4) is 0 Å². The molecule has 11 heavy (non-hydrogen) atoms. The van der Waals surface area contributed by atoms with Gasteiger partial charge in [0.15, 0.2) is 0 Å². The lowest BCUT2D eigenvalue weighted by Gasteiger charge is -2.12. The Morgan fingerprint density at radius 1 is 1.73 bits per heavy atom. The smallest absolute Gasteiger partial charge is 0.250 e. The van der Waals surface area contributed by atoms with E-state index in [1.165, 1.54) is 4.90 Å². The van der Waals surface area contributed by atoms with Crippen LogP contribution in [0.5, 0.6) is 0 Å². The minimum atomic E-state index is -2.49. The lowest BCUT2D eigenvalue weighted by atomic mass is 10.1. The normalized spacial score (nSPS) is 25.3. The molecule has 1 heterocycles. The van der Waals surface area contributed by atoms with Crippen molar-refractivity contribution in [2.75, 3.05) is 13.1 Å². The van der Waals surface area contributed by atoms with Crippen molar-refractivity contribution < 1.29 is 13.6 Å². The summed E-state index contributed by atoms with van der Waals surface area (Å²) in [6, 6.07) is 0. The van der Waals surface area contributed by atoms with Crippen LogP contribution in [0.3, 0.4) is 0 Å². The molecule has 0 aliphatic carbocycles. The molecule has 0 N–H and O–H groups in total. The van der Waals surface area contributed by atoms with E-state index in [-0.39, 0.29) is 5.91 Å².